The number of nitrogens with one attached hydrogen (secondary N) is 1. The zero-order valence-electron chi connectivity index (χ0n) is 17.7. The summed E-state index contributed by atoms with van der Waals surface area (Å²) in [7, 11) is 0. The average molecular weight is 410 g/mol. The molecule has 1 fully saturated rings. The molecule has 0 spiro atoms. The summed E-state index contributed by atoms with van der Waals surface area (Å²) in [5.41, 5.74) is 3.35. The molecule has 0 saturated carbocycles. The van der Waals surface area contributed by atoms with E-state index in [0.29, 0.717) is 0 Å². The van der Waals surface area contributed by atoms with Gasteiger partial charge in [0.1, 0.15) is 0 Å². The number of carbonyl (C=O) groups is 1. The number of carbonyl (C=O) groups excluding carboxylic acids is 1. The number of para-hydroxylation sites is 1. The van der Waals surface area contributed by atoms with Crippen LogP contribution in [0.3, 0.4) is 0 Å². The molecule has 31 heavy (non-hydrogen) atoms. The van der Waals surface area contributed by atoms with Crippen LogP contribution in [0.4, 0.5) is 11.4 Å². The number of aryl methyl sites for hydroxylation is 1. The topological polar surface area (TPSA) is 45.2 Å². The fourth-order valence-corrected chi connectivity index (χ4v) is 3.96. The van der Waals surface area contributed by atoms with E-state index in [1.54, 1.807) is 6.20 Å². The summed E-state index contributed by atoms with van der Waals surface area (Å²) >= 11 is 0. The molecule has 1 aromatic heterocycles. The molecular formula is C27H27N3O. The molecule has 4 nitrogen and oxygen atoms in total. The SMILES string of the molecule is Cc1ccccc1N1CCC(C(=O)Nc2cccc3cnccc23)C1.c1ccccc1. The number of anilines is 2. The van der Waals surface area contributed by atoms with Crippen LogP contribution in [-0.2, 0) is 4.79 Å². The van der Waals surface area contributed by atoms with E-state index >= 15 is 0 Å². The molecule has 1 saturated heterocycles. The Balaban J connectivity index is 0.000000334. The number of benzene rings is 3. The van der Waals surface area contributed by atoms with Gasteiger partial charge in [-0.1, -0.05) is 66.7 Å². The van der Waals surface area contributed by atoms with Crippen LogP contribution >= 0.6 is 0 Å². The fraction of sp³-hybridized carbons (Fsp3) is 0.185. The van der Waals surface area contributed by atoms with Gasteiger partial charge in [0.05, 0.1) is 5.92 Å². The lowest BCUT2D eigenvalue weighted by Crippen LogP contribution is -2.27. The first-order valence-corrected chi connectivity index (χ1v) is 10.7. The van der Waals surface area contributed by atoms with E-state index < -0.39 is 0 Å². The Morgan fingerprint density at radius 3 is 2.42 bits per heavy atom. The number of hydrogen-bond acceptors (Lipinski definition) is 3. The van der Waals surface area contributed by atoms with E-state index in [2.05, 4.69) is 46.4 Å². The van der Waals surface area contributed by atoms with E-state index in [4.69, 9.17) is 0 Å². The number of aromatic nitrogens is 1. The maximum Gasteiger partial charge on any atom is 0.229 e. The molecule has 3 aromatic carbocycles. The highest BCUT2D eigenvalue weighted by Gasteiger charge is 2.29. The summed E-state index contributed by atoms with van der Waals surface area (Å²) in [5, 5.41) is 5.18. The van der Waals surface area contributed by atoms with Gasteiger partial charge < -0.3 is 10.2 Å². The zero-order valence-corrected chi connectivity index (χ0v) is 17.7. The number of amides is 1. The van der Waals surface area contributed by atoms with Crippen LogP contribution in [0.15, 0.2) is 97.3 Å². The van der Waals surface area contributed by atoms with E-state index in [1.807, 2.05) is 66.9 Å². The molecule has 1 atom stereocenters. The maximum absolute atomic E-state index is 12.8. The fourth-order valence-electron chi connectivity index (χ4n) is 3.96. The second-order valence-electron chi connectivity index (χ2n) is 7.76. The van der Waals surface area contributed by atoms with Gasteiger partial charge in [0, 0.05) is 47.6 Å². The first kappa shape index (κ1) is 20.6. The van der Waals surface area contributed by atoms with Crippen LogP contribution in [0.25, 0.3) is 10.8 Å². The molecule has 1 amide bonds. The van der Waals surface area contributed by atoms with Crippen LogP contribution in [0.1, 0.15) is 12.0 Å². The molecule has 4 heteroatoms. The Morgan fingerprint density at radius 1 is 0.935 bits per heavy atom. The Kier molecular flexibility index (Phi) is 6.58. The zero-order chi connectivity index (χ0) is 21.5. The standard InChI is InChI=1S/C21H21N3O.C6H6/c1-15-5-2-3-8-20(15)24-12-10-17(14-24)21(25)23-19-7-4-6-16-13-22-11-9-18(16)19;1-2-4-6-5-3-1/h2-9,11,13,17H,10,12,14H2,1H3,(H,23,25);1-6H. The minimum absolute atomic E-state index is 0.0108. The number of fused-ring (bicyclic) bond motifs is 1. The molecule has 4 aromatic rings. The molecule has 1 aliphatic heterocycles. The van der Waals surface area contributed by atoms with E-state index in [0.717, 1.165) is 36.0 Å². The highest BCUT2D eigenvalue weighted by Crippen LogP contribution is 2.28. The first-order valence-electron chi connectivity index (χ1n) is 10.7. The third-order valence-electron chi connectivity index (χ3n) is 5.62. The van der Waals surface area contributed by atoms with Crippen LogP contribution in [-0.4, -0.2) is 24.0 Å². The number of hydrogen-bond donors (Lipinski definition) is 1. The van der Waals surface area contributed by atoms with Gasteiger partial charge in [-0.2, -0.15) is 0 Å². The van der Waals surface area contributed by atoms with Gasteiger partial charge in [-0.25, -0.2) is 0 Å². The maximum atomic E-state index is 12.8. The van der Waals surface area contributed by atoms with Crippen LogP contribution in [0, 0.1) is 12.8 Å². The Labute approximate surface area is 183 Å². The molecular weight excluding hydrogens is 382 g/mol. The summed E-state index contributed by atoms with van der Waals surface area (Å²) in [6.45, 7) is 3.80. The molecule has 1 aliphatic rings. The van der Waals surface area contributed by atoms with Gasteiger partial charge in [-0.05, 0) is 37.1 Å². The molecule has 1 unspecified atom stereocenters. The molecule has 156 valence electrons. The Bertz CT molecular complexity index is 1110. The van der Waals surface area contributed by atoms with Crippen molar-refractivity contribution in [3.05, 3.63) is 103 Å². The Hall–Kier alpha value is -3.66. The first-order chi connectivity index (χ1) is 15.2. The van der Waals surface area contributed by atoms with Crippen molar-refractivity contribution in [1.82, 2.24) is 4.98 Å². The van der Waals surface area contributed by atoms with Gasteiger partial charge in [0.15, 0.2) is 0 Å². The Morgan fingerprint density at radius 2 is 1.68 bits per heavy atom. The van der Waals surface area contributed by atoms with Crippen molar-refractivity contribution in [2.45, 2.75) is 13.3 Å². The van der Waals surface area contributed by atoms with Crippen molar-refractivity contribution in [3.63, 3.8) is 0 Å². The van der Waals surface area contributed by atoms with Crippen molar-refractivity contribution >= 4 is 28.1 Å². The van der Waals surface area contributed by atoms with Crippen LogP contribution in [0.5, 0.6) is 0 Å². The summed E-state index contributed by atoms with van der Waals surface area (Å²) in [6, 6.07) is 28.2. The predicted molar refractivity (Wildman–Crippen MR) is 128 cm³/mol. The average Bonchev–Trinajstić information content (AvgIpc) is 3.31. The molecule has 0 aliphatic carbocycles. The summed E-state index contributed by atoms with van der Waals surface area (Å²) in [6.07, 6.45) is 4.46. The van der Waals surface area contributed by atoms with Gasteiger partial charge in [0.2, 0.25) is 5.91 Å². The minimum atomic E-state index is 0.0108. The van der Waals surface area contributed by atoms with Crippen molar-refractivity contribution in [1.29, 1.82) is 0 Å². The van der Waals surface area contributed by atoms with Crippen molar-refractivity contribution in [2.75, 3.05) is 23.3 Å². The molecule has 5 rings (SSSR count). The lowest BCUT2D eigenvalue weighted by atomic mass is 10.1. The minimum Gasteiger partial charge on any atom is -0.370 e. The highest BCUT2D eigenvalue weighted by molar-refractivity contribution is 6.02. The number of rotatable bonds is 3. The van der Waals surface area contributed by atoms with Gasteiger partial charge in [0.25, 0.3) is 0 Å². The monoisotopic (exact) mass is 409 g/mol. The summed E-state index contributed by atoms with van der Waals surface area (Å²) in [5.74, 6) is 0.108. The van der Waals surface area contributed by atoms with Crippen molar-refractivity contribution < 1.29 is 4.79 Å². The smallest absolute Gasteiger partial charge is 0.229 e. The van der Waals surface area contributed by atoms with Crippen molar-refractivity contribution in [3.8, 4) is 0 Å². The van der Waals surface area contributed by atoms with Crippen molar-refractivity contribution in [2.24, 2.45) is 5.92 Å². The normalized spacial score (nSPS) is 15.3. The lowest BCUT2D eigenvalue weighted by Gasteiger charge is -2.20. The quantitative estimate of drug-likeness (QED) is 0.472. The second-order valence-corrected chi connectivity index (χ2v) is 7.76. The van der Waals surface area contributed by atoms with Crippen LogP contribution < -0.4 is 10.2 Å². The third kappa shape index (κ3) is 5.10. The van der Waals surface area contributed by atoms with Gasteiger partial charge in [-0.3, -0.25) is 9.78 Å². The second kappa shape index (κ2) is 9.90. The predicted octanol–water partition coefficient (Wildman–Crippen LogP) is 5.69. The highest BCUT2D eigenvalue weighted by atomic mass is 16.1. The molecule has 1 N–H and O–H groups in total. The van der Waals surface area contributed by atoms with Gasteiger partial charge >= 0.3 is 0 Å². The van der Waals surface area contributed by atoms with E-state index in [1.165, 1.54) is 11.3 Å². The van der Waals surface area contributed by atoms with Crippen LogP contribution in [0.2, 0.25) is 0 Å². The molecule has 0 bridgehead atoms. The van der Waals surface area contributed by atoms with E-state index in [-0.39, 0.29) is 11.8 Å². The molecule has 2 heterocycles. The number of pyridine rings is 1. The summed E-state index contributed by atoms with van der Waals surface area (Å²) in [4.78, 5) is 19.2. The van der Waals surface area contributed by atoms with Gasteiger partial charge in [-0.15, -0.1) is 0 Å². The lowest BCUT2D eigenvalue weighted by molar-refractivity contribution is -0.119. The third-order valence-corrected chi connectivity index (χ3v) is 5.62. The number of nitrogens with zero attached hydrogens (tertiary/aromatic N) is 2. The molecule has 0 radical (unpaired) electrons. The largest absolute Gasteiger partial charge is 0.370 e. The van der Waals surface area contributed by atoms with E-state index in [9.17, 15) is 4.79 Å². The summed E-state index contributed by atoms with van der Waals surface area (Å²) < 4.78 is 0.